The second-order valence-electron chi connectivity index (χ2n) is 5.25. The van der Waals surface area contributed by atoms with E-state index in [4.69, 9.17) is 5.11 Å². The second kappa shape index (κ2) is 7.24. The number of carboxylic acid groups (broad SMARTS) is 1. The van der Waals surface area contributed by atoms with Crippen LogP contribution >= 0.6 is 0 Å². The van der Waals surface area contributed by atoms with Crippen LogP contribution in [0.4, 0.5) is 4.79 Å². The average Bonchev–Trinajstić information content (AvgIpc) is 2.27. The third-order valence-electron chi connectivity index (χ3n) is 3.55. The van der Waals surface area contributed by atoms with Crippen LogP contribution in [0.2, 0.25) is 0 Å². The van der Waals surface area contributed by atoms with Gasteiger partial charge in [0.2, 0.25) is 0 Å². The SMILES string of the molecule is CCC1CCCC(NC(=O)NC(C)CC(=O)O)C1. The van der Waals surface area contributed by atoms with Crippen molar-refractivity contribution in [1.82, 2.24) is 10.6 Å². The fourth-order valence-electron chi connectivity index (χ4n) is 2.56. The lowest BCUT2D eigenvalue weighted by molar-refractivity contribution is -0.137. The van der Waals surface area contributed by atoms with Crippen LogP contribution in [0.15, 0.2) is 0 Å². The highest BCUT2D eigenvalue weighted by molar-refractivity contribution is 5.75. The number of carbonyl (C=O) groups excluding carboxylic acids is 1. The monoisotopic (exact) mass is 256 g/mol. The van der Waals surface area contributed by atoms with Crippen molar-refractivity contribution in [2.75, 3.05) is 0 Å². The molecule has 18 heavy (non-hydrogen) atoms. The molecule has 1 saturated carbocycles. The highest BCUT2D eigenvalue weighted by Gasteiger charge is 2.22. The van der Waals surface area contributed by atoms with Gasteiger partial charge in [0.1, 0.15) is 0 Å². The van der Waals surface area contributed by atoms with E-state index in [1.165, 1.54) is 6.42 Å². The van der Waals surface area contributed by atoms with Gasteiger partial charge in [-0.05, 0) is 25.7 Å². The molecule has 5 heteroatoms. The molecule has 1 rings (SSSR count). The van der Waals surface area contributed by atoms with E-state index >= 15 is 0 Å². The van der Waals surface area contributed by atoms with E-state index in [0.717, 1.165) is 25.7 Å². The number of amides is 2. The van der Waals surface area contributed by atoms with Crippen molar-refractivity contribution >= 4 is 12.0 Å². The van der Waals surface area contributed by atoms with Crippen LogP contribution < -0.4 is 10.6 Å². The van der Waals surface area contributed by atoms with Crippen molar-refractivity contribution in [1.29, 1.82) is 0 Å². The van der Waals surface area contributed by atoms with Crippen molar-refractivity contribution in [3.05, 3.63) is 0 Å². The summed E-state index contributed by atoms with van der Waals surface area (Å²) in [5.41, 5.74) is 0. The lowest BCUT2D eigenvalue weighted by atomic mass is 9.84. The van der Waals surface area contributed by atoms with Crippen molar-refractivity contribution in [3.63, 3.8) is 0 Å². The lowest BCUT2D eigenvalue weighted by Gasteiger charge is -2.29. The van der Waals surface area contributed by atoms with Crippen molar-refractivity contribution in [2.45, 2.75) is 64.5 Å². The van der Waals surface area contributed by atoms with E-state index in [1.807, 2.05) is 0 Å². The van der Waals surface area contributed by atoms with Gasteiger partial charge in [0, 0.05) is 12.1 Å². The van der Waals surface area contributed by atoms with E-state index in [9.17, 15) is 9.59 Å². The second-order valence-corrected chi connectivity index (χ2v) is 5.25. The minimum absolute atomic E-state index is 0.0460. The summed E-state index contributed by atoms with van der Waals surface area (Å²) in [5.74, 6) is -0.188. The number of nitrogens with one attached hydrogen (secondary N) is 2. The number of aliphatic carboxylic acids is 1. The highest BCUT2D eigenvalue weighted by Crippen LogP contribution is 2.26. The normalized spacial score (nSPS) is 25.2. The Bertz CT molecular complexity index is 294. The molecule has 104 valence electrons. The van der Waals surface area contributed by atoms with Gasteiger partial charge in [0.15, 0.2) is 0 Å². The number of hydrogen-bond acceptors (Lipinski definition) is 2. The molecule has 0 saturated heterocycles. The molecule has 0 aromatic rings. The number of carbonyl (C=O) groups is 2. The van der Waals surface area contributed by atoms with E-state index in [0.29, 0.717) is 5.92 Å². The van der Waals surface area contributed by atoms with Crippen molar-refractivity contribution in [3.8, 4) is 0 Å². The van der Waals surface area contributed by atoms with E-state index in [-0.39, 0.29) is 24.5 Å². The Morgan fingerprint density at radius 3 is 2.72 bits per heavy atom. The lowest BCUT2D eigenvalue weighted by Crippen LogP contribution is -2.47. The highest BCUT2D eigenvalue weighted by atomic mass is 16.4. The smallest absolute Gasteiger partial charge is 0.315 e. The Hall–Kier alpha value is -1.26. The third-order valence-corrected chi connectivity index (χ3v) is 3.55. The summed E-state index contributed by atoms with van der Waals surface area (Å²) < 4.78 is 0. The molecule has 0 heterocycles. The van der Waals surface area contributed by atoms with Gasteiger partial charge in [-0.15, -0.1) is 0 Å². The molecule has 1 aliphatic rings. The minimum atomic E-state index is -0.897. The molecule has 1 aliphatic carbocycles. The standard InChI is InChI=1S/C13H24N2O3/c1-3-10-5-4-6-11(8-10)15-13(18)14-9(2)7-12(16)17/h9-11H,3-8H2,1-2H3,(H,16,17)(H2,14,15,18). The maximum Gasteiger partial charge on any atom is 0.315 e. The van der Waals surface area contributed by atoms with E-state index in [2.05, 4.69) is 17.6 Å². The Morgan fingerprint density at radius 1 is 1.39 bits per heavy atom. The van der Waals surface area contributed by atoms with Crippen LogP contribution in [-0.4, -0.2) is 29.2 Å². The van der Waals surface area contributed by atoms with Gasteiger partial charge in [0.05, 0.1) is 6.42 Å². The van der Waals surface area contributed by atoms with Gasteiger partial charge in [-0.1, -0.05) is 26.2 Å². The van der Waals surface area contributed by atoms with Gasteiger partial charge >= 0.3 is 12.0 Å². The zero-order chi connectivity index (χ0) is 13.5. The predicted octanol–water partition coefficient (Wildman–Crippen LogP) is 2.12. The number of hydrogen-bond donors (Lipinski definition) is 3. The first-order valence-electron chi connectivity index (χ1n) is 6.80. The molecule has 0 aliphatic heterocycles. The molecule has 5 nitrogen and oxygen atoms in total. The zero-order valence-electron chi connectivity index (χ0n) is 11.2. The summed E-state index contributed by atoms with van der Waals surface area (Å²) in [5, 5.41) is 14.2. The van der Waals surface area contributed by atoms with Gasteiger partial charge < -0.3 is 15.7 Å². The van der Waals surface area contributed by atoms with E-state index in [1.54, 1.807) is 6.92 Å². The summed E-state index contributed by atoms with van der Waals surface area (Å²) >= 11 is 0. The molecule has 2 amide bonds. The van der Waals surface area contributed by atoms with Gasteiger partial charge in [0.25, 0.3) is 0 Å². The van der Waals surface area contributed by atoms with Crippen LogP contribution in [0.3, 0.4) is 0 Å². The van der Waals surface area contributed by atoms with Gasteiger partial charge in [-0.3, -0.25) is 4.79 Å². The van der Waals surface area contributed by atoms with Crippen LogP contribution in [0.25, 0.3) is 0 Å². The summed E-state index contributed by atoms with van der Waals surface area (Å²) in [6.07, 6.45) is 5.60. The number of rotatable bonds is 5. The first-order valence-corrected chi connectivity index (χ1v) is 6.80. The number of carboxylic acids is 1. The summed E-state index contributed by atoms with van der Waals surface area (Å²) in [6, 6.07) is -0.348. The molecular formula is C13H24N2O3. The molecule has 3 unspecified atom stereocenters. The maximum absolute atomic E-state index is 11.7. The molecule has 3 atom stereocenters. The van der Waals surface area contributed by atoms with E-state index < -0.39 is 5.97 Å². The zero-order valence-corrected chi connectivity index (χ0v) is 11.2. The summed E-state index contributed by atoms with van der Waals surface area (Å²) in [4.78, 5) is 22.2. The van der Waals surface area contributed by atoms with Crippen molar-refractivity contribution in [2.24, 2.45) is 5.92 Å². The first-order chi connectivity index (χ1) is 8.51. The van der Waals surface area contributed by atoms with Crippen LogP contribution in [-0.2, 0) is 4.79 Å². The summed E-state index contributed by atoms with van der Waals surface area (Å²) in [6.45, 7) is 3.88. The molecule has 0 bridgehead atoms. The van der Waals surface area contributed by atoms with Crippen LogP contribution in [0, 0.1) is 5.92 Å². The molecule has 1 fully saturated rings. The Kier molecular flexibility index (Phi) is 5.95. The molecule has 0 aromatic carbocycles. The Morgan fingerprint density at radius 2 is 2.11 bits per heavy atom. The van der Waals surface area contributed by atoms with Crippen LogP contribution in [0.5, 0.6) is 0 Å². The molecule has 0 spiro atoms. The fraction of sp³-hybridized carbons (Fsp3) is 0.846. The quantitative estimate of drug-likeness (QED) is 0.705. The van der Waals surface area contributed by atoms with Crippen LogP contribution in [0.1, 0.15) is 52.4 Å². The number of urea groups is 1. The third kappa shape index (κ3) is 5.38. The van der Waals surface area contributed by atoms with Crippen molar-refractivity contribution < 1.29 is 14.7 Å². The largest absolute Gasteiger partial charge is 0.481 e. The van der Waals surface area contributed by atoms with Gasteiger partial charge in [-0.25, -0.2) is 4.79 Å². The topological polar surface area (TPSA) is 78.4 Å². The molecule has 3 N–H and O–H groups in total. The molecular weight excluding hydrogens is 232 g/mol. The predicted molar refractivity (Wildman–Crippen MR) is 69.4 cm³/mol. The fourth-order valence-corrected chi connectivity index (χ4v) is 2.56. The minimum Gasteiger partial charge on any atom is -0.481 e. The van der Waals surface area contributed by atoms with Gasteiger partial charge in [-0.2, -0.15) is 0 Å². The first kappa shape index (κ1) is 14.8. The Labute approximate surface area is 108 Å². The summed E-state index contributed by atoms with van der Waals surface area (Å²) in [7, 11) is 0. The molecule has 0 radical (unpaired) electrons. The maximum atomic E-state index is 11.7. The Balaban J connectivity index is 2.28. The molecule has 0 aromatic heterocycles. The average molecular weight is 256 g/mol.